The number of halogens is 1. The topological polar surface area (TPSA) is 112 Å². The summed E-state index contributed by atoms with van der Waals surface area (Å²) in [5.74, 6) is -1.06. The molecule has 1 atom stereocenters. The Morgan fingerprint density at radius 3 is 2.52 bits per heavy atom. The van der Waals surface area contributed by atoms with Gasteiger partial charge in [0, 0.05) is 17.3 Å². The van der Waals surface area contributed by atoms with E-state index in [-0.39, 0.29) is 22.0 Å². The SMILES string of the molecule is Cc1occc1C(=O)O[C@H](C(=O)Nc1ccc(Cl)c([N+](=O)[O-])c1)c1ccccc1. The lowest BCUT2D eigenvalue weighted by molar-refractivity contribution is -0.384. The predicted octanol–water partition coefficient (Wildman–Crippen LogP) is 4.69. The molecule has 0 saturated heterocycles. The third-order valence-electron chi connectivity index (χ3n) is 4.05. The Morgan fingerprint density at radius 2 is 1.90 bits per heavy atom. The lowest BCUT2D eigenvalue weighted by Gasteiger charge is -2.18. The maximum atomic E-state index is 12.9. The number of nitrogens with one attached hydrogen (secondary N) is 1. The molecule has 0 spiro atoms. The largest absolute Gasteiger partial charge is 0.469 e. The minimum atomic E-state index is -1.28. The van der Waals surface area contributed by atoms with Crippen LogP contribution in [0.2, 0.25) is 5.02 Å². The van der Waals surface area contributed by atoms with Crippen molar-refractivity contribution in [2.45, 2.75) is 13.0 Å². The molecule has 9 heteroatoms. The van der Waals surface area contributed by atoms with Gasteiger partial charge in [-0.05, 0) is 25.1 Å². The summed E-state index contributed by atoms with van der Waals surface area (Å²) in [5, 5.41) is 13.5. The summed E-state index contributed by atoms with van der Waals surface area (Å²) in [7, 11) is 0. The second kappa shape index (κ2) is 8.57. The van der Waals surface area contributed by atoms with Gasteiger partial charge < -0.3 is 14.5 Å². The van der Waals surface area contributed by atoms with Crippen molar-refractivity contribution in [3.63, 3.8) is 0 Å². The molecule has 1 aromatic heterocycles. The number of rotatable bonds is 6. The van der Waals surface area contributed by atoms with Gasteiger partial charge in [-0.15, -0.1) is 0 Å². The molecule has 0 aliphatic rings. The molecule has 2 aromatic carbocycles. The van der Waals surface area contributed by atoms with Crippen LogP contribution in [0.5, 0.6) is 0 Å². The van der Waals surface area contributed by atoms with Gasteiger partial charge >= 0.3 is 5.97 Å². The molecule has 0 radical (unpaired) electrons. The van der Waals surface area contributed by atoms with Crippen molar-refractivity contribution in [1.29, 1.82) is 0 Å². The molecule has 1 heterocycles. The highest BCUT2D eigenvalue weighted by atomic mass is 35.5. The third-order valence-corrected chi connectivity index (χ3v) is 4.37. The molecule has 0 fully saturated rings. The van der Waals surface area contributed by atoms with Crippen LogP contribution in [0.15, 0.2) is 65.3 Å². The fourth-order valence-electron chi connectivity index (χ4n) is 2.61. The zero-order valence-corrected chi connectivity index (χ0v) is 15.9. The Balaban J connectivity index is 1.87. The molecule has 3 aromatic rings. The number of amides is 1. The van der Waals surface area contributed by atoms with Crippen LogP contribution in [-0.4, -0.2) is 16.8 Å². The molecular formula is C20H15ClN2O6. The van der Waals surface area contributed by atoms with E-state index in [9.17, 15) is 19.7 Å². The van der Waals surface area contributed by atoms with Gasteiger partial charge in [-0.3, -0.25) is 14.9 Å². The molecular weight excluding hydrogens is 400 g/mol. The van der Waals surface area contributed by atoms with Gasteiger partial charge in [0.25, 0.3) is 11.6 Å². The molecule has 0 saturated carbocycles. The molecule has 0 aliphatic carbocycles. The van der Waals surface area contributed by atoms with Crippen LogP contribution in [0.1, 0.15) is 27.8 Å². The number of anilines is 1. The van der Waals surface area contributed by atoms with Gasteiger partial charge in [0.1, 0.15) is 16.3 Å². The zero-order chi connectivity index (χ0) is 21.0. The van der Waals surface area contributed by atoms with Crippen molar-refractivity contribution in [2.75, 3.05) is 5.32 Å². The Morgan fingerprint density at radius 1 is 1.17 bits per heavy atom. The monoisotopic (exact) mass is 414 g/mol. The first-order valence-electron chi connectivity index (χ1n) is 8.41. The fraction of sp³-hybridized carbons (Fsp3) is 0.100. The zero-order valence-electron chi connectivity index (χ0n) is 15.1. The molecule has 148 valence electrons. The number of aryl methyl sites for hydroxylation is 1. The van der Waals surface area contributed by atoms with Crippen LogP contribution in [-0.2, 0) is 9.53 Å². The summed E-state index contributed by atoms with van der Waals surface area (Å²) in [4.78, 5) is 35.7. The third kappa shape index (κ3) is 4.61. The number of nitrogens with zero attached hydrogens (tertiary/aromatic N) is 1. The summed E-state index contributed by atoms with van der Waals surface area (Å²) in [6.45, 7) is 1.60. The van der Waals surface area contributed by atoms with E-state index in [1.165, 1.54) is 24.5 Å². The standard InChI is InChI=1S/C20H15ClN2O6/c1-12-15(9-10-28-12)20(25)29-18(13-5-3-2-4-6-13)19(24)22-14-7-8-16(21)17(11-14)23(26)27/h2-11,18H,1H3,(H,22,24)/t18-/m0/s1. The Bertz CT molecular complexity index is 1060. The first-order valence-corrected chi connectivity index (χ1v) is 8.79. The van der Waals surface area contributed by atoms with Crippen LogP contribution in [0.25, 0.3) is 0 Å². The van der Waals surface area contributed by atoms with Gasteiger partial charge in [0.15, 0.2) is 0 Å². The van der Waals surface area contributed by atoms with Crippen molar-refractivity contribution in [3.05, 3.63) is 92.9 Å². The van der Waals surface area contributed by atoms with E-state index in [0.717, 1.165) is 6.07 Å². The molecule has 3 rings (SSSR count). The number of carbonyl (C=O) groups is 2. The van der Waals surface area contributed by atoms with Crippen LogP contribution >= 0.6 is 11.6 Å². The molecule has 0 bridgehead atoms. The van der Waals surface area contributed by atoms with Crippen molar-refractivity contribution in [1.82, 2.24) is 0 Å². The molecule has 29 heavy (non-hydrogen) atoms. The predicted molar refractivity (Wildman–Crippen MR) is 105 cm³/mol. The molecule has 1 amide bonds. The summed E-state index contributed by atoms with van der Waals surface area (Å²) in [6.07, 6.45) is 0.0591. The number of carbonyl (C=O) groups excluding carboxylic acids is 2. The maximum Gasteiger partial charge on any atom is 0.342 e. The summed E-state index contributed by atoms with van der Waals surface area (Å²) in [6, 6.07) is 13.7. The van der Waals surface area contributed by atoms with Crippen LogP contribution in [0, 0.1) is 17.0 Å². The highest BCUT2D eigenvalue weighted by Gasteiger charge is 2.27. The number of ether oxygens (including phenoxy) is 1. The number of nitro benzene ring substituents is 1. The Labute approximate surface area is 170 Å². The van der Waals surface area contributed by atoms with E-state index in [1.807, 2.05) is 0 Å². The first kappa shape index (κ1) is 20.1. The summed E-state index contributed by atoms with van der Waals surface area (Å²) in [5.41, 5.74) is 0.415. The van der Waals surface area contributed by atoms with Gasteiger partial charge in [0.05, 0.1) is 11.2 Å². The number of hydrogen-bond donors (Lipinski definition) is 1. The molecule has 0 unspecified atom stereocenters. The minimum absolute atomic E-state index is 0.0607. The molecule has 0 aliphatic heterocycles. The smallest absolute Gasteiger partial charge is 0.342 e. The first-order chi connectivity index (χ1) is 13.9. The number of benzene rings is 2. The van der Waals surface area contributed by atoms with E-state index in [2.05, 4.69) is 5.32 Å². The quantitative estimate of drug-likeness (QED) is 0.356. The Hall–Kier alpha value is -3.65. The summed E-state index contributed by atoms with van der Waals surface area (Å²) >= 11 is 5.79. The van der Waals surface area contributed by atoms with E-state index in [0.29, 0.717) is 11.3 Å². The average Bonchev–Trinajstić information content (AvgIpc) is 3.13. The number of esters is 1. The van der Waals surface area contributed by atoms with Gasteiger partial charge in [0.2, 0.25) is 6.10 Å². The second-order valence-electron chi connectivity index (χ2n) is 6.00. The van der Waals surface area contributed by atoms with Crippen LogP contribution in [0.4, 0.5) is 11.4 Å². The lowest BCUT2D eigenvalue weighted by atomic mass is 10.1. The average molecular weight is 415 g/mol. The van der Waals surface area contributed by atoms with E-state index in [4.69, 9.17) is 20.8 Å². The van der Waals surface area contributed by atoms with Crippen LogP contribution in [0.3, 0.4) is 0 Å². The number of furan rings is 1. The van der Waals surface area contributed by atoms with Crippen LogP contribution < -0.4 is 5.32 Å². The normalized spacial score (nSPS) is 11.5. The van der Waals surface area contributed by atoms with Gasteiger partial charge in [-0.1, -0.05) is 41.9 Å². The second-order valence-corrected chi connectivity index (χ2v) is 6.41. The Kier molecular flexibility index (Phi) is 5.94. The number of nitro groups is 1. The van der Waals surface area contributed by atoms with Gasteiger partial charge in [-0.2, -0.15) is 0 Å². The van der Waals surface area contributed by atoms with Gasteiger partial charge in [-0.25, -0.2) is 4.79 Å². The van der Waals surface area contributed by atoms with E-state index < -0.39 is 22.9 Å². The van der Waals surface area contributed by atoms with E-state index >= 15 is 0 Å². The molecule has 8 nitrogen and oxygen atoms in total. The number of hydrogen-bond acceptors (Lipinski definition) is 6. The van der Waals surface area contributed by atoms with E-state index in [1.54, 1.807) is 37.3 Å². The fourth-order valence-corrected chi connectivity index (χ4v) is 2.79. The maximum absolute atomic E-state index is 12.9. The van der Waals surface area contributed by atoms with Crippen molar-refractivity contribution >= 4 is 34.9 Å². The highest BCUT2D eigenvalue weighted by molar-refractivity contribution is 6.32. The molecule has 1 N–H and O–H groups in total. The van der Waals surface area contributed by atoms with Crippen molar-refractivity contribution in [2.24, 2.45) is 0 Å². The summed E-state index contributed by atoms with van der Waals surface area (Å²) < 4.78 is 10.5. The highest BCUT2D eigenvalue weighted by Crippen LogP contribution is 2.29. The minimum Gasteiger partial charge on any atom is -0.469 e. The van der Waals surface area contributed by atoms with Crippen molar-refractivity contribution < 1.29 is 23.7 Å². The lowest BCUT2D eigenvalue weighted by Crippen LogP contribution is -2.26. The van der Waals surface area contributed by atoms with Crippen molar-refractivity contribution in [3.8, 4) is 0 Å².